The highest BCUT2D eigenvalue weighted by Gasteiger charge is 2.24. The number of nitro benzene ring substituents is 1. The molecule has 0 radical (unpaired) electrons. The molecule has 21 heavy (non-hydrogen) atoms. The van der Waals surface area contributed by atoms with Gasteiger partial charge in [0.25, 0.3) is 11.6 Å². The van der Waals surface area contributed by atoms with E-state index in [0.29, 0.717) is 12.1 Å². The number of aryl methyl sites for hydroxylation is 1. The van der Waals surface area contributed by atoms with Crippen molar-refractivity contribution in [3.05, 3.63) is 39.4 Å². The van der Waals surface area contributed by atoms with Gasteiger partial charge in [-0.2, -0.15) is 0 Å². The molecule has 1 saturated carbocycles. The number of nitrogens with one attached hydrogen (secondary N) is 1. The van der Waals surface area contributed by atoms with Crippen molar-refractivity contribution < 1.29 is 9.72 Å². The maximum atomic E-state index is 12.2. The lowest BCUT2D eigenvalue weighted by Gasteiger charge is -2.27. The Morgan fingerprint density at radius 3 is 2.81 bits per heavy atom. The molecule has 5 nitrogen and oxygen atoms in total. The molecule has 1 N–H and O–H groups in total. The van der Waals surface area contributed by atoms with Crippen LogP contribution in [0.2, 0.25) is 0 Å². The van der Waals surface area contributed by atoms with E-state index in [0.717, 1.165) is 31.2 Å². The van der Waals surface area contributed by atoms with E-state index in [1.54, 1.807) is 13.0 Å². The van der Waals surface area contributed by atoms with Crippen LogP contribution >= 0.6 is 11.6 Å². The molecular formula is C15H19ClN2O3. The highest BCUT2D eigenvalue weighted by atomic mass is 35.5. The van der Waals surface area contributed by atoms with Crippen LogP contribution in [0.1, 0.15) is 41.6 Å². The third kappa shape index (κ3) is 3.94. The van der Waals surface area contributed by atoms with Crippen LogP contribution in [0.15, 0.2) is 18.2 Å². The summed E-state index contributed by atoms with van der Waals surface area (Å²) in [5.41, 5.74) is 1.01. The zero-order valence-corrected chi connectivity index (χ0v) is 12.7. The van der Waals surface area contributed by atoms with Gasteiger partial charge < -0.3 is 5.32 Å². The van der Waals surface area contributed by atoms with Gasteiger partial charge in [0.15, 0.2) is 0 Å². The fourth-order valence-corrected chi connectivity index (χ4v) is 3.05. The van der Waals surface area contributed by atoms with Crippen molar-refractivity contribution in [2.24, 2.45) is 5.92 Å². The largest absolute Gasteiger partial charge is 0.352 e. The first-order valence-corrected chi connectivity index (χ1v) is 7.60. The number of carbonyl (C=O) groups excluding carboxylic acids is 1. The van der Waals surface area contributed by atoms with Crippen LogP contribution in [0, 0.1) is 23.0 Å². The predicted octanol–water partition coefficient (Wildman–Crippen LogP) is 3.43. The molecule has 114 valence electrons. The lowest BCUT2D eigenvalue weighted by Crippen LogP contribution is -2.35. The lowest BCUT2D eigenvalue weighted by molar-refractivity contribution is -0.384. The smallest absolute Gasteiger partial charge is 0.270 e. The molecule has 2 unspecified atom stereocenters. The summed E-state index contributed by atoms with van der Waals surface area (Å²) in [7, 11) is 0. The number of alkyl halides is 1. The van der Waals surface area contributed by atoms with Gasteiger partial charge in [0.2, 0.25) is 0 Å². The third-order valence-electron chi connectivity index (χ3n) is 4.02. The van der Waals surface area contributed by atoms with Crippen LogP contribution in [-0.2, 0) is 0 Å². The summed E-state index contributed by atoms with van der Waals surface area (Å²) >= 11 is 6.27. The number of benzene rings is 1. The molecule has 0 bridgehead atoms. The molecule has 2 atom stereocenters. The summed E-state index contributed by atoms with van der Waals surface area (Å²) in [5, 5.41) is 13.8. The van der Waals surface area contributed by atoms with E-state index in [1.165, 1.54) is 12.1 Å². The number of carbonyl (C=O) groups is 1. The van der Waals surface area contributed by atoms with Gasteiger partial charge in [-0.25, -0.2) is 0 Å². The Balaban J connectivity index is 2.02. The number of rotatable bonds is 4. The topological polar surface area (TPSA) is 72.2 Å². The molecule has 1 amide bonds. The fraction of sp³-hybridized carbons (Fsp3) is 0.533. The second-order valence-electron chi connectivity index (χ2n) is 5.53. The number of amides is 1. The average molecular weight is 311 g/mol. The molecule has 0 aromatic heterocycles. The molecule has 1 aliphatic carbocycles. The third-order valence-corrected chi connectivity index (χ3v) is 4.59. The molecule has 0 heterocycles. The molecule has 1 fully saturated rings. The van der Waals surface area contributed by atoms with E-state index >= 15 is 0 Å². The van der Waals surface area contributed by atoms with Gasteiger partial charge in [-0.05, 0) is 31.2 Å². The predicted molar refractivity (Wildman–Crippen MR) is 81.8 cm³/mol. The van der Waals surface area contributed by atoms with Crippen LogP contribution in [0.4, 0.5) is 5.69 Å². The maximum Gasteiger partial charge on any atom is 0.270 e. The summed E-state index contributed by atoms with van der Waals surface area (Å²) in [5.74, 6) is 0.00834. The molecular weight excluding hydrogens is 292 g/mol. The molecule has 0 aliphatic heterocycles. The molecule has 6 heteroatoms. The Bertz CT molecular complexity index is 548. The second kappa shape index (κ2) is 6.89. The van der Waals surface area contributed by atoms with Crippen molar-refractivity contribution in [2.75, 3.05) is 6.54 Å². The number of hydrogen-bond donors (Lipinski definition) is 1. The maximum absolute atomic E-state index is 12.2. The molecule has 2 rings (SSSR count). The van der Waals surface area contributed by atoms with E-state index in [4.69, 9.17) is 11.6 Å². The first-order valence-electron chi connectivity index (χ1n) is 7.16. The van der Waals surface area contributed by atoms with Crippen LogP contribution in [0.5, 0.6) is 0 Å². The quantitative estimate of drug-likeness (QED) is 0.526. The van der Waals surface area contributed by atoms with Crippen molar-refractivity contribution in [1.82, 2.24) is 5.32 Å². The zero-order chi connectivity index (χ0) is 15.4. The van der Waals surface area contributed by atoms with Crippen LogP contribution in [0.25, 0.3) is 0 Å². The van der Waals surface area contributed by atoms with Crippen LogP contribution in [0.3, 0.4) is 0 Å². The highest BCUT2D eigenvalue weighted by molar-refractivity contribution is 6.20. The summed E-state index contributed by atoms with van der Waals surface area (Å²) < 4.78 is 0. The Kier molecular flexibility index (Phi) is 5.17. The van der Waals surface area contributed by atoms with Gasteiger partial charge in [-0.3, -0.25) is 14.9 Å². The number of halogens is 1. The summed E-state index contributed by atoms with van der Waals surface area (Å²) in [4.78, 5) is 22.5. The van der Waals surface area contributed by atoms with Crippen LogP contribution < -0.4 is 5.32 Å². The molecule has 1 aromatic rings. The average Bonchev–Trinajstić information content (AvgIpc) is 2.46. The van der Waals surface area contributed by atoms with Gasteiger partial charge in [0, 0.05) is 29.6 Å². The normalized spacial score (nSPS) is 21.8. The first-order chi connectivity index (χ1) is 9.99. The SMILES string of the molecule is Cc1ccc([N+](=O)[O-])cc1C(=O)NCC1CCCCC1Cl. The minimum atomic E-state index is -0.494. The second-order valence-corrected chi connectivity index (χ2v) is 6.09. The zero-order valence-electron chi connectivity index (χ0n) is 12.0. The minimum Gasteiger partial charge on any atom is -0.352 e. The lowest BCUT2D eigenvalue weighted by atomic mass is 9.88. The Labute approximate surface area is 128 Å². The van der Waals surface area contributed by atoms with Crippen LogP contribution in [-0.4, -0.2) is 22.8 Å². The Morgan fingerprint density at radius 1 is 1.43 bits per heavy atom. The van der Waals surface area contributed by atoms with E-state index in [1.807, 2.05) is 0 Å². The number of non-ortho nitro benzene ring substituents is 1. The molecule has 1 aliphatic rings. The van der Waals surface area contributed by atoms with Gasteiger partial charge in [0.05, 0.1) is 4.92 Å². The van der Waals surface area contributed by atoms with Crippen molar-refractivity contribution in [2.45, 2.75) is 38.0 Å². The van der Waals surface area contributed by atoms with Crippen molar-refractivity contribution in [3.8, 4) is 0 Å². The minimum absolute atomic E-state index is 0.0707. The fourth-order valence-electron chi connectivity index (χ4n) is 2.68. The first kappa shape index (κ1) is 15.8. The Hall–Kier alpha value is -1.62. The summed E-state index contributed by atoms with van der Waals surface area (Å²) in [6.45, 7) is 2.29. The van der Waals surface area contributed by atoms with E-state index in [-0.39, 0.29) is 22.9 Å². The molecule has 0 spiro atoms. The Morgan fingerprint density at radius 2 is 2.14 bits per heavy atom. The van der Waals surface area contributed by atoms with E-state index in [2.05, 4.69) is 5.32 Å². The number of nitrogens with zero attached hydrogens (tertiary/aromatic N) is 1. The standard InChI is InChI=1S/C15H19ClN2O3/c1-10-6-7-12(18(20)21)8-13(10)15(19)17-9-11-4-2-3-5-14(11)16/h6-8,11,14H,2-5,9H2,1H3,(H,17,19). The van der Waals surface area contributed by atoms with Gasteiger partial charge >= 0.3 is 0 Å². The highest BCUT2D eigenvalue weighted by Crippen LogP contribution is 2.28. The van der Waals surface area contributed by atoms with Gasteiger partial charge in [-0.15, -0.1) is 11.6 Å². The van der Waals surface area contributed by atoms with Gasteiger partial charge in [-0.1, -0.05) is 18.9 Å². The van der Waals surface area contributed by atoms with E-state index < -0.39 is 4.92 Å². The molecule has 1 aromatic carbocycles. The van der Waals surface area contributed by atoms with Gasteiger partial charge in [0.1, 0.15) is 0 Å². The van der Waals surface area contributed by atoms with Crippen molar-refractivity contribution >= 4 is 23.2 Å². The van der Waals surface area contributed by atoms with Crippen molar-refractivity contribution in [1.29, 1.82) is 0 Å². The number of hydrogen-bond acceptors (Lipinski definition) is 3. The molecule has 0 saturated heterocycles. The van der Waals surface area contributed by atoms with E-state index in [9.17, 15) is 14.9 Å². The summed E-state index contributed by atoms with van der Waals surface area (Å²) in [6, 6.07) is 4.32. The van der Waals surface area contributed by atoms with Crippen molar-refractivity contribution in [3.63, 3.8) is 0 Å². The number of nitro groups is 1. The monoisotopic (exact) mass is 310 g/mol. The summed E-state index contributed by atoms with van der Waals surface area (Å²) in [6.07, 6.45) is 4.28.